The minimum Gasteiger partial charge on any atom is -0.453 e. The first-order chi connectivity index (χ1) is 8.81. The second-order valence-electron chi connectivity index (χ2n) is 5.98. The van der Waals surface area contributed by atoms with Gasteiger partial charge in [0.2, 0.25) is 5.91 Å². The summed E-state index contributed by atoms with van der Waals surface area (Å²) in [6, 6.07) is 0. The summed E-state index contributed by atoms with van der Waals surface area (Å²) in [5.41, 5.74) is -0.148. The van der Waals surface area contributed by atoms with Crippen LogP contribution in [0.1, 0.15) is 40.5 Å². The lowest BCUT2D eigenvalue weighted by molar-refractivity contribution is -0.141. The van der Waals surface area contributed by atoms with Gasteiger partial charge >= 0.3 is 6.09 Å². The molecule has 0 aromatic rings. The van der Waals surface area contributed by atoms with Crippen molar-refractivity contribution in [1.82, 2.24) is 9.80 Å². The molecule has 0 unspecified atom stereocenters. The molecule has 5 nitrogen and oxygen atoms in total. The van der Waals surface area contributed by atoms with Gasteiger partial charge < -0.3 is 14.5 Å². The Balaban J connectivity index is 2.60. The Morgan fingerprint density at radius 3 is 2.16 bits per heavy atom. The zero-order valence-corrected chi connectivity index (χ0v) is 12.7. The normalized spacial score (nSPS) is 17.2. The van der Waals surface area contributed by atoms with Crippen molar-refractivity contribution in [2.24, 2.45) is 5.92 Å². The van der Waals surface area contributed by atoms with E-state index in [4.69, 9.17) is 4.74 Å². The molecule has 0 aromatic heterocycles. The summed E-state index contributed by atoms with van der Waals surface area (Å²) < 4.78 is 4.70. The highest BCUT2D eigenvalue weighted by Gasteiger charge is 2.33. The van der Waals surface area contributed by atoms with Crippen LogP contribution < -0.4 is 0 Å². The number of likely N-dealkylation sites (tertiary alicyclic amines) is 1. The van der Waals surface area contributed by atoms with E-state index < -0.39 is 0 Å². The average molecular weight is 270 g/mol. The van der Waals surface area contributed by atoms with E-state index in [1.54, 1.807) is 4.90 Å². The topological polar surface area (TPSA) is 49.9 Å². The zero-order valence-electron chi connectivity index (χ0n) is 12.7. The van der Waals surface area contributed by atoms with Crippen LogP contribution in [0.4, 0.5) is 4.79 Å². The molecule has 0 aromatic carbocycles. The lowest BCUT2D eigenvalue weighted by Crippen LogP contribution is -2.50. The maximum absolute atomic E-state index is 12.5. The highest BCUT2D eigenvalue weighted by molar-refractivity contribution is 5.80. The van der Waals surface area contributed by atoms with Gasteiger partial charge in [-0.15, -0.1) is 0 Å². The van der Waals surface area contributed by atoms with E-state index in [-0.39, 0.29) is 23.5 Å². The Labute approximate surface area is 115 Å². The number of carbonyl (C=O) groups excluding carboxylic acids is 2. The summed E-state index contributed by atoms with van der Waals surface area (Å²) in [6.07, 6.45) is 1.15. The number of nitrogens with zero attached hydrogens (tertiary/aromatic N) is 2. The highest BCUT2D eigenvalue weighted by atomic mass is 16.5. The third-order valence-corrected chi connectivity index (χ3v) is 3.67. The summed E-state index contributed by atoms with van der Waals surface area (Å²) in [5.74, 6) is 0.236. The van der Waals surface area contributed by atoms with Crippen molar-refractivity contribution >= 4 is 12.0 Å². The monoisotopic (exact) mass is 270 g/mol. The van der Waals surface area contributed by atoms with Crippen molar-refractivity contribution in [3.05, 3.63) is 0 Å². The standard InChI is InChI=1S/C14H26N2O3/c1-6-16(14(2,3)4)12(17)11-7-9-15(10-8-11)13(18)19-5/h11H,6-10H2,1-5H3. The zero-order chi connectivity index (χ0) is 14.6. The van der Waals surface area contributed by atoms with Gasteiger partial charge in [-0.2, -0.15) is 0 Å². The van der Waals surface area contributed by atoms with Gasteiger partial charge in [0.1, 0.15) is 0 Å². The lowest BCUT2D eigenvalue weighted by Gasteiger charge is -2.39. The first-order valence-corrected chi connectivity index (χ1v) is 6.95. The summed E-state index contributed by atoms with van der Waals surface area (Å²) >= 11 is 0. The van der Waals surface area contributed by atoms with Crippen molar-refractivity contribution in [2.75, 3.05) is 26.7 Å². The molecule has 0 N–H and O–H groups in total. The molecule has 0 saturated carbocycles. The molecule has 0 bridgehead atoms. The fourth-order valence-electron chi connectivity index (χ4n) is 2.62. The van der Waals surface area contributed by atoms with Crippen molar-refractivity contribution in [3.63, 3.8) is 0 Å². The molecule has 0 spiro atoms. The minimum atomic E-state index is -0.297. The summed E-state index contributed by atoms with van der Waals surface area (Å²) in [5, 5.41) is 0. The smallest absolute Gasteiger partial charge is 0.409 e. The van der Waals surface area contributed by atoms with E-state index in [1.807, 2.05) is 11.8 Å². The van der Waals surface area contributed by atoms with Crippen LogP contribution in [0.15, 0.2) is 0 Å². The summed E-state index contributed by atoms with van der Waals surface area (Å²) in [6.45, 7) is 10.1. The first-order valence-electron chi connectivity index (χ1n) is 6.95. The Bertz CT molecular complexity index is 328. The van der Waals surface area contributed by atoms with Crippen LogP contribution in [-0.2, 0) is 9.53 Å². The van der Waals surface area contributed by atoms with Crippen LogP contribution in [0.25, 0.3) is 0 Å². The Morgan fingerprint density at radius 1 is 1.26 bits per heavy atom. The van der Waals surface area contributed by atoms with Crippen molar-refractivity contribution < 1.29 is 14.3 Å². The maximum atomic E-state index is 12.5. The molecule has 2 amide bonds. The van der Waals surface area contributed by atoms with E-state index >= 15 is 0 Å². The quantitative estimate of drug-likeness (QED) is 0.772. The Hall–Kier alpha value is -1.26. The van der Waals surface area contributed by atoms with E-state index in [0.29, 0.717) is 13.1 Å². The number of carbonyl (C=O) groups is 2. The van der Waals surface area contributed by atoms with E-state index in [2.05, 4.69) is 20.8 Å². The van der Waals surface area contributed by atoms with Gasteiger partial charge in [-0.25, -0.2) is 4.79 Å². The fourth-order valence-corrected chi connectivity index (χ4v) is 2.62. The van der Waals surface area contributed by atoms with Crippen LogP contribution in [-0.4, -0.2) is 54.1 Å². The van der Waals surface area contributed by atoms with Crippen LogP contribution >= 0.6 is 0 Å². The Kier molecular flexibility index (Phi) is 5.20. The number of methoxy groups -OCH3 is 1. The van der Waals surface area contributed by atoms with Gasteiger partial charge in [-0.05, 0) is 40.5 Å². The van der Waals surface area contributed by atoms with Gasteiger partial charge in [0.25, 0.3) is 0 Å². The molecule has 5 heteroatoms. The number of hydrogen-bond acceptors (Lipinski definition) is 3. The van der Waals surface area contributed by atoms with Gasteiger partial charge in [-0.1, -0.05) is 0 Å². The molecule has 0 atom stereocenters. The maximum Gasteiger partial charge on any atom is 0.409 e. The molecular weight excluding hydrogens is 244 g/mol. The van der Waals surface area contributed by atoms with Crippen LogP contribution in [0.5, 0.6) is 0 Å². The predicted octanol–water partition coefficient (Wildman–Crippen LogP) is 2.11. The number of ether oxygens (including phenoxy) is 1. The molecule has 110 valence electrons. The van der Waals surface area contributed by atoms with Crippen molar-refractivity contribution in [1.29, 1.82) is 0 Å². The van der Waals surface area contributed by atoms with Crippen LogP contribution in [0.3, 0.4) is 0 Å². The van der Waals surface area contributed by atoms with Gasteiger partial charge in [0, 0.05) is 31.1 Å². The molecule has 0 radical (unpaired) electrons. The number of rotatable bonds is 2. The highest BCUT2D eigenvalue weighted by Crippen LogP contribution is 2.24. The average Bonchev–Trinajstić information content (AvgIpc) is 2.37. The SMILES string of the molecule is CCN(C(=O)C1CCN(C(=O)OC)CC1)C(C)(C)C. The van der Waals surface area contributed by atoms with Crippen LogP contribution in [0.2, 0.25) is 0 Å². The third-order valence-electron chi connectivity index (χ3n) is 3.67. The molecule has 1 heterocycles. The lowest BCUT2D eigenvalue weighted by atomic mass is 9.93. The molecule has 1 fully saturated rings. The molecule has 1 saturated heterocycles. The second kappa shape index (κ2) is 6.26. The van der Waals surface area contributed by atoms with Gasteiger partial charge in [0.15, 0.2) is 0 Å². The van der Waals surface area contributed by atoms with E-state index in [1.165, 1.54) is 7.11 Å². The minimum absolute atomic E-state index is 0.0279. The molecule has 1 rings (SSSR count). The van der Waals surface area contributed by atoms with Crippen molar-refractivity contribution in [3.8, 4) is 0 Å². The van der Waals surface area contributed by atoms with Crippen LogP contribution in [0, 0.1) is 5.92 Å². The number of amides is 2. The molecule has 1 aliphatic rings. The van der Waals surface area contributed by atoms with Gasteiger partial charge in [-0.3, -0.25) is 4.79 Å². The van der Waals surface area contributed by atoms with E-state index in [0.717, 1.165) is 19.4 Å². The Morgan fingerprint density at radius 2 is 1.79 bits per heavy atom. The first kappa shape index (κ1) is 15.8. The predicted molar refractivity (Wildman–Crippen MR) is 73.8 cm³/mol. The molecule has 1 aliphatic heterocycles. The van der Waals surface area contributed by atoms with E-state index in [9.17, 15) is 9.59 Å². The second-order valence-corrected chi connectivity index (χ2v) is 5.98. The number of hydrogen-bond donors (Lipinski definition) is 0. The summed E-state index contributed by atoms with van der Waals surface area (Å²) in [7, 11) is 1.39. The molecule has 19 heavy (non-hydrogen) atoms. The molecular formula is C14H26N2O3. The third kappa shape index (κ3) is 3.85. The number of piperidine rings is 1. The largest absolute Gasteiger partial charge is 0.453 e. The van der Waals surface area contributed by atoms with Gasteiger partial charge in [0.05, 0.1) is 7.11 Å². The fraction of sp³-hybridized carbons (Fsp3) is 0.857. The van der Waals surface area contributed by atoms with Crippen molar-refractivity contribution in [2.45, 2.75) is 46.1 Å². The molecule has 0 aliphatic carbocycles. The summed E-state index contributed by atoms with van der Waals surface area (Å²) in [4.78, 5) is 27.5.